The maximum absolute atomic E-state index is 13.5. The molecule has 4 amide bonds. The van der Waals surface area contributed by atoms with Gasteiger partial charge in [-0.25, -0.2) is 4.79 Å². The predicted octanol–water partition coefficient (Wildman–Crippen LogP) is 6.26. The second-order valence-electron chi connectivity index (χ2n) is 10.6. The molecule has 3 aromatic carbocycles. The van der Waals surface area contributed by atoms with Gasteiger partial charge in [-0.05, 0) is 60.3 Å². The van der Waals surface area contributed by atoms with Gasteiger partial charge in [-0.15, -0.1) is 11.3 Å². The summed E-state index contributed by atoms with van der Waals surface area (Å²) in [6.07, 6.45) is -0.297. The number of thiophene rings is 1. The van der Waals surface area contributed by atoms with Gasteiger partial charge in [-0.1, -0.05) is 53.6 Å². The molecule has 1 fully saturated rings. The summed E-state index contributed by atoms with van der Waals surface area (Å²) in [6, 6.07) is 21.4. The molecule has 1 unspecified atom stereocenters. The Morgan fingerprint density at radius 3 is 2.33 bits per heavy atom. The molecule has 1 aromatic heterocycles. The number of hydrogen-bond acceptors (Lipinski definition) is 6. The Labute approximate surface area is 269 Å². The number of piperazine rings is 1. The van der Waals surface area contributed by atoms with Gasteiger partial charge in [0.25, 0.3) is 11.8 Å². The van der Waals surface area contributed by atoms with Gasteiger partial charge in [0.15, 0.2) is 0 Å². The molecular weight excluding hydrogens is 614 g/mol. The molecule has 12 heteroatoms. The van der Waals surface area contributed by atoms with Crippen LogP contribution in [0.15, 0.2) is 84.2 Å². The molecule has 5 rings (SSSR count). The summed E-state index contributed by atoms with van der Waals surface area (Å²) in [5.41, 5.74) is 3.47. The number of amides is 4. The number of nitrogens with zero attached hydrogens (tertiary/aromatic N) is 2. The number of anilines is 3. The Hall–Kier alpha value is -4.87. The summed E-state index contributed by atoms with van der Waals surface area (Å²) >= 11 is 7.48. The summed E-state index contributed by atoms with van der Waals surface area (Å²) in [4.78, 5) is 55.6. The first-order chi connectivity index (χ1) is 21.7. The zero-order valence-corrected chi connectivity index (χ0v) is 26.0. The SMILES string of the molecule is Cc1ccc(C(CC(=O)O)NC(=O)c2ccc(N3CCN(C(=O)c4cccs4)CC3)c(NC(=O)Nc3cccc(Cl)c3)c2)cc1. The van der Waals surface area contributed by atoms with Gasteiger partial charge in [0.1, 0.15) is 0 Å². The topological polar surface area (TPSA) is 131 Å². The minimum Gasteiger partial charge on any atom is -0.481 e. The van der Waals surface area contributed by atoms with E-state index < -0.39 is 23.9 Å². The Morgan fingerprint density at radius 1 is 0.911 bits per heavy atom. The maximum Gasteiger partial charge on any atom is 0.323 e. The first kappa shape index (κ1) is 31.6. The number of carboxylic acid groups (broad SMARTS) is 1. The predicted molar refractivity (Wildman–Crippen MR) is 177 cm³/mol. The lowest BCUT2D eigenvalue weighted by Gasteiger charge is -2.37. The number of carbonyl (C=O) groups excluding carboxylic acids is 3. The highest BCUT2D eigenvalue weighted by atomic mass is 35.5. The smallest absolute Gasteiger partial charge is 0.323 e. The minimum atomic E-state index is -1.05. The van der Waals surface area contributed by atoms with Crippen LogP contribution in [0.3, 0.4) is 0 Å². The molecule has 0 spiro atoms. The molecule has 232 valence electrons. The molecule has 1 aliphatic rings. The van der Waals surface area contributed by atoms with Crippen LogP contribution in [0.25, 0.3) is 0 Å². The number of nitrogens with one attached hydrogen (secondary N) is 3. The molecule has 0 bridgehead atoms. The Balaban J connectivity index is 1.37. The number of hydrogen-bond donors (Lipinski definition) is 4. The van der Waals surface area contributed by atoms with E-state index >= 15 is 0 Å². The third-order valence-electron chi connectivity index (χ3n) is 7.39. The van der Waals surface area contributed by atoms with Gasteiger partial charge < -0.3 is 30.9 Å². The largest absolute Gasteiger partial charge is 0.481 e. The molecule has 1 aliphatic heterocycles. The second-order valence-corrected chi connectivity index (χ2v) is 12.0. The third kappa shape index (κ3) is 8.20. The van der Waals surface area contributed by atoms with Crippen LogP contribution in [-0.4, -0.2) is 60.0 Å². The first-order valence-electron chi connectivity index (χ1n) is 14.3. The van der Waals surface area contributed by atoms with Crippen molar-refractivity contribution in [1.82, 2.24) is 10.2 Å². The average molecular weight is 646 g/mol. The molecule has 10 nitrogen and oxygen atoms in total. The number of carboxylic acids is 1. The number of aliphatic carboxylic acids is 1. The molecule has 4 N–H and O–H groups in total. The highest BCUT2D eigenvalue weighted by Gasteiger charge is 2.26. The van der Waals surface area contributed by atoms with E-state index in [2.05, 4.69) is 20.9 Å². The van der Waals surface area contributed by atoms with E-state index in [0.29, 0.717) is 58.7 Å². The van der Waals surface area contributed by atoms with Crippen molar-refractivity contribution in [3.8, 4) is 0 Å². The highest BCUT2D eigenvalue weighted by molar-refractivity contribution is 7.12. The van der Waals surface area contributed by atoms with E-state index in [1.165, 1.54) is 11.3 Å². The minimum absolute atomic E-state index is 0.0135. The molecule has 4 aromatic rings. The van der Waals surface area contributed by atoms with Crippen molar-refractivity contribution in [2.45, 2.75) is 19.4 Å². The molecular formula is C33H32ClN5O5S. The maximum atomic E-state index is 13.5. The summed E-state index contributed by atoms with van der Waals surface area (Å²) in [7, 11) is 0. The van der Waals surface area contributed by atoms with Gasteiger partial charge in [0, 0.05) is 42.5 Å². The Bertz CT molecular complexity index is 1690. The molecule has 45 heavy (non-hydrogen) atoms. The van der Waals surface area contributed by atoms with E-state index in [0.717, 1.165) is 5.56 Å². The molecule has 1 saturated heterocycles. The summed E-state index contributed by atoms with van der Waals surface area (Å²) in [5, 5.41) is 20.3. The second kappa shape index (κ2) is 14.3. The number of urea groups is 1. The van der Waals surface area contributed by atoms with Gasteiger partial charge >= 0.3 is 12.0 Å². The number of aryl methyl sites for hydroxylation is 1. The first-order valence-corrected chi connectivity index (χ1v) is 15.6. The van der Waals surface area contributed by atoms with Gasteiger partial charge in [0.2, 0.25) is 0 Å². The average Bonchev–Trinajstić information content (AvgIpc) is 3.56. The monoisotopic (exact) mass is 645 g/mol. The van der Waals surface area contributed by atoms with Gasteiger partial charge in [0.05, 0.1) is 28.7 Å². The van der Waals surface area contributed by atoms with Crippen LogP contribution in [-0.2, 0) is 4.79 Å². The van der Waals surface area contributed by atoms with Crippen molar-refractivity contribution in [3.63, 3.8) is 0 Å². The van der Waals surface area contributed by atoms with E-state index in [-0.39, 0.29) is 17.9 Å². The van der Waals surface area contributed by atoms with Crippen LogP contribution in [0.4, 0.5) is 21.9 Å². The van der Waals surface area contributed by atoms with Gasteiger partial charge in [-0.3, -0.25) is 14.4 Å². The summed E-state index contributed by atoms with van der Waals surface area (Å²) in [5.74, 6) is -1.55. The van der Waals surface area contributed by atoms with Gasteiger partial charge in [-0.2, -0.15) is 0 Å². The number of carbonyl (C=O) groups is 4. The van der Waals surface area contributed by atoms with E-state index in [9.17, 15) is 24.3 Å². The van der Waals surface area contributed by atoms with Crippen molar-refractivity contribution >= 4 is 63.8 Å². The zero-order valence-electron chi connectivity index (χ0n) is 24.5. The fourth-order valence-corrected chi connectivity index (χ4v) is 5.96. The van der Waals surface area contributed by atoms with Crippen molar-refractivity contribution in [3.05, 3.63) is 111 Å². The van der Waals surface area contributed by atoms with E-state index in [1.54, 1.807) is 59.5 Å². The van der Waals surface area contributed by atoms with Crippen LogP contribution in [0.5, 0.6) is 0 Å². The van der Waals surface area contributed by atoms with Crippen LogP contribution in [0.1, 0.15) is 43.6 Å². The number of benzene rings is 3. The molecule has 1 atom stereocenters. The van der Waals surface area contributed by atoms with E-state index in [1.807, 2.05) is 36.6 Å². The van der Waals surface area contributed by atoms with Crippen molar-refractivity contribution in [2.24, 2.45) is 0 Å². The molecule has 0 aliphatic carbocycles. The highest BCUT2D eigenvalue weighted by Crippen LogP contribution is 2.30. The van der Waals surface area contributed by atoms with Crippen molar-refractivity contribution < 1.29 is 24.3 Å². The quantitative estimate of drug-likeness (QED) is 0.170. The van der Waals surface area contributed by atoms with E-state index in [4.69, 9.17) is 11.6 Å². The van der Waals surface area contributed by atoms with Crippen molar-refractivity contribution in [2.75, 3.05) is 41.7 Å². The van der Waals surface area contributed by atoms with Crippen LogP contribution < -0.4 is 20.9 Å². The zero-order chi connectivity index (χ0) is 31.9. The third-order valence-corrected chi connectivity index (χ3v) is 8.49. The number of halogens is 1. The lowest BCUT2D eigenvalue weighted by atomic mass is 10.0. The Morgan fingerprint density at radius 2 is 1.67 bits per heavy atom. The summed E-state index contributed by atoms with van der Waals surface area (Å²) in [6.45, 7) is 3.93. The van der Waals surface area contributed by atoms with Crippen molar-refractivity contribution in [1.29, 1.82) is 0 Å². The van der Waals surface area contributed by atoms with Crippen LogP contribution in [0.2, 0.25) is 5.02 Å². The fourth-order valence-electron chi connectivity index (χ4n) is 5.08. The summed E-state index contributed by atoms with van der Waals surface area (Å²) < 4.78 is 0. The fraction of sp³-hybridized carbons (Fsp3) is 0.212. The molecule has 0 radical (unpaired) electrons. The number of rotatable bonds is 9. The normalized spacial score (nSPS) is 13.6. The standard InChI is InChI=1S/C33H32ClN5O5S/c1-21-7-9-22(10-8-21)26(20-30(40)41)36-31(42)23-11-12-28(27(18-23)37-33(44)35-25-5-2-4-24(34)19-25)38-13-15-39(16-14-38)32(43)29-6-3-17-45-29/h2-12,17-19,26H,13-16,20H2,1H3,(H,36,42)(H,40,41)(H2,35,37,44). The lowest BCUT2D eigenvalue weighted by molar-refractivity contribution is -0.137. The molecule has 0 saturated carbocycles. The van der Waals surface area contributed by atoms with Crippen LogP contribution in [0, 0.1) is 6.92 Å². The molecule has 2 heterocycles. The lowest BCUT2D eigenvalue weighted by Crippen LogP contribution is -2.48. The Kier molecular flexibility index (Phi) is 10.0. The van der Waals surface area contributed by atoms with Crippen LogP contribution >= 0.6 is 22.9 Å².